The van der Waals surface area contributed by atoms with Gasteiger partial charge in [0.05, 0.1) is 15.9 Å². The van der Waals surface area contributed by atoms with Crippen LogP contribution in [0.25, 0.3) is 0 Å². The Morgan fingerprint density at radius 1 is 1.19 bits per heavy atom. The topological polar surface area (TPSA) is 129 Å². The molecule has 5 rings (SSSR count). The van der Waals surface area contributed by atoms with Crippen LogP contribution in [-0.4, -0.2) is 65.9 Å². The van der Waals surface area contributed by atoms with Crippen LogP contribution >= 0.6 is 12.0 Å². The molecule has 1 amide bonds. The third kappa shape index (κ3) is 4.24. The van der Waals surface area contributed by atoms with E-state index in [1.165, 1.54) is 0 Å². The van der Waals surface area contributed by atoms with Crippen LogP contribution in [0.1, 0.15) is 41.3 Å². The van der Waals surface area contributed by atoms with E-state index in [-0.39, 0.29) is 43.1 Å². The van der Waals surface area contributed by atoms with Crippen LogP contribution in [0.3, 0.4) is 0 Å². The Hall–Kier alpha value is -2.53. The fourth-order valence-corrected chi connectivity index (χ4v) is 5.73. The minimum Gasteiger partial charge on any atom is -0.416 e. The highest BCUT2D eigenvalue weighted by atomic mass is 32.2. The number of likely N-dealkylation sites (tertiary alicyclic amines) is 1. The second-order valence-electron chi connectivity index (χ2n) is 9.62. The molecule has 2 atom stereocenters. The van der Waals surface area contributed by atoms with E-state index in [9.17, 15) is 39.6 Å². The minimum absolute atomic E-state index is 0.0928. The molecule has 2 N–H and O–H groups in total. The van der Waals surface area contributed by atoms with E-state index >= 15 is 0 Å². The van der Waals surface area contributed by atoms with Crippen LogP contribution in [0.15, 0.2) is 27.6 Å². The zero-order valence-corrected chi connectivity index (χ0v) is 20.4. The quantitative estimate of drug-likeness (QED) is 0.410. The highest BCUT2D eigenvalue weighted by molar-refractivity contribution is 7.95. The molecule has 3 fully saturated rings. The zero-order chi connectivity index (χ0) is 27.2. The van der Waals surface area contributed by atoms with Crippen molar-refractivity contribution in [2.75, 3.05) is 19.3 Å². The van der Waals surface area contributed by atoms with Gasteiger partial charge in [-0.3, -0.25) is 4.79 Å². The lowest BCUT2D eigenvalue weighted by Crippen LogP contribution is -2.37. The lowest BCUT2D eigenvalue weighted by atomic mass is 10.0. The molecule has 37 heavy (non-hydrogen) atoms. The molecule has 1 aromatic carbocycles. The van der Waals surface area contributed by atoms with Crippen molar-refractivity contribution >= 4 is 27.8 Å². The van der Waals surface area contributed by atoms with Crippen molar-refractivity contribution < 1.29 is 48.3 Å². The number of aromatic nitrogens is 2. The zero-order valence-electron chi connectivity index (χ0n) is 18.8. The van der Waals surface area contributed by atoms with Gasteiger partial charge in [0.25, 0.3) is 5.91 Å². The molecule has 2 aromatic rings. The summed E-state index contributed by atoms with van der Waals surface area (Å²) < 4.78 is 112. The molecule has 2 heterocycles. The maximum Gasteiger partial charge on any atom is 0.479 e. The normalized spacial score (nSPS) is 26.6. The number of sulfone groups is 1. The summed E-state index contributed by atoms with van der Waals surface area (Å²) in [4.78, 5) is 18.2. The van der Waals surface area contributed by atoms with Gasteiger partial charge >= 0.3 is 11.7 Å². The maximum absolute atomic E-state index is 13.5. The highest BCUT2D eigenvalue weighted by Gasteiger charge is 2.75. The molecular weight excluding hydrogens is 554 g/mol. The van der Waals surface area contributed by atoms with E-state index < -0.39 is 73.0 Å². The summed E-state index contributed by atoms with van der Waals surface area (Å²) in [7, 11) is -3.83. The lowest BCUT2D eigenvalue weighted by molar-refractivity contribution is -0.166. The predicted octanol–water partition coefficient (Wildman–Crippen LogP) is 3.11. The Morgan fingerprint density at radius 3 is 2.43 bits per heavy atom. The lowest BCUT2D eigenvalue weighted by Gasteiger charge is -2.22. The second-order valence-corrected chi connectivity index (χ2v) is 12.4. The van der Waals surface area contributed by atoms with Crippen LogP contribution in [0, 0.1) is 0 Å². The number of fused-ring (bicyclic) bond motifs is 1. The van der Waals surface area contributed by atoms with Gasteiger partial charge in [0.15, 0.2) is 33.5 Å². The number of hydrogen-bond donors (Lipinski definition) is 1. The van der Waals surface area contributed by atoms with Crippen molar-refractivity contribution in [2.24, 2.45) is 5.73 Å². The molecule has 0 radical (unpaired) electrons. The van der Waals surface area contributed by atoms with E-state index in [0.29, 0.717) is 0 Å². The monoisotopic (exact) mass is 572 g/mol. The van der Waals surface area contributed by atoms with Crippen LogP contribution < -0.4 is 9.92 Å². The number of piperidine rings is 1. The maximum atomic E-state index is 13.5. The average molecular weight is 573 g/mol. The van der Waals surface area contributed by atoms with Gasteiger partial charge in [-0.15, -0.1) is 0 Å². The largest absolute Gasteiger partial charge is 0.479 e. The fourth-order valence-electron chi connectivity index (χ4n) is 4.75. The molecule has 0 bridgehead atoms. The number of halogens is 6. The molecular formula is C20H18F6N4O5S2. The van der Waals surface area contributed by atoms with Crippen molar-refractivity contribution in [3.63, 3.8) is 0 Å². The molecule has 1 aliphatic heterocycles. The van der Waals surface area contributed by atoms with Crippen LogP contribution in [0.5, 0.6) is 5.75 Å². The van der Waals surface area contributed by atoms with E-state index in [1.807, 2.05) is 0 Å². The smallest absolute Gasteiger partial charge is 0.416 e. The van der Waals surface area contributed by atoms with Gasteiger partial charge in [-0.05, 0) is 37.5 Å². The summed E-state index contributed by atoms with van der Waals surface area (Å²) >= 11 is -0.877. The van der Waals surface area contributed by atoms with Crippen molar-refractivity contribution in [3.05, 3.63) is 35.5 Å². The summed E-state index contributed by atoms with van der Waals surface area (Å²) in [5.41, 5.74) is -3.32. The van der Waals surface area contributed by atoms with E-state index in [4.69, 9.17) is 10.3 Å². The van der Waals surface area contributed by atoms with Crippen molar-refractivity contribution in [3.8, 4) is 5.75 Å². The van der Waals surface area contributed by atoms with E-state index in [1.54, 1.807) is 0 Å². The molecule has 9 nitrogen and oxygen atoms in total. The first-order chi connectivity index (χ1) is 16.9. The fraction of sp³-hybridized carbons (Fsp3) is 0.550. The molecule has 2 unspecified atom stereocenters. The van der Waals surface area contributed by atoms with Crippen molar-refractivity contribution in [1.29, 1.82) is 0 Å². The molecule has 1 aromatic heterocycles. The van der Waals surface area contributed by atoms with Gasteiger partial charge in [0.1, 0.15) is 5.41 Å². The number of amides is 1. The summed E-state index contributed by atoms with van der Waals surface area (Å²) in [5, 5.41) is 3.73. The van der Waals surface area contributed by atoms with Gasteiger partial charge in [-0.25, -0.2) is 8.42 Å². The summed E-state index contributed by atoms with van der Waals surface area (Å²) in [6.07, 6.45) is -3.88. The summed E-state index contributed by atoms with van der Waals surface area (Å²) in [6, 6.07) is 2.84. The number of benzene rings is 1. The highest BCUT2D eigenvalue weighted by Crippen LogP contribution is 2.62. The number of hydrogen-bond acceptors (Lipinski definition) is 9. The first-order valence-corrected chi connectivity index (χ1v) is 13.3. The molecule has 2 saturated carbocycles. The third-order valence-electron chi connectivity index (χ3n) is 7.06. The minimum atomic E-state index is -4.80. The van der Waals surface area contributed by atoms with Gasteiger partial charge < -0.3 is 19.3 Å². The van der Waals surface area contributed by atoms with Gasteiger partial charge in [0, 0.05) is 24.9 Å². The van der Waals surface area contributed by atoms with Crippen LogP contribution in [-0.2, 0) is 20.7 Å². The summed E-state index contributed by atoms with van der Waals surface area (Å²) in [5.74, 6) is -2.07. The number of nitrogens with zero attached hydrogens (tertiary/aromatic N) is 3. The van der Waals surface area contributed by atoms with Gasteiger partial charge in [0.2, 0.25) is 5.89 Å². The number of rotatable bonds is 6. The molecule has 3 aliphatic rings. The Balaban J connectivity index is 1.43. The second kappa shape index (κ2) is 7.75. The first-order valence-electron chi connectivity index (χ1n) is 10.7. The number of carbonyl (C=O) groups is 1. The number of carbonyl (C=O) groups excluding carboxylic acids is 1. The van der Waals surface area contributed by atoms with Crippen LogP contribution in [0.2, 0.25) is 0 Å². The molecule has 17 heteroatoms. The Kier molecular flexibility index (Phi) is 5.47. The molecule has 1 saturated heterocycles. The van der Waals surface area contributed by atoms with Crippen molar-refractivity contribution in [2.45, 2.75) is 52.2 Å². The average Bonchev–Trinajstić information content (AvgIpc) is 3.59. The van der Waals surface area contributed by atoms with Crippen molar-refractivity contribution in [1.82, 2.24) is 15.0 Å². The molecule has 0 spiro atoms. The van der Waals surface area contributed by atoms with Gasteiger partial charge in [-0.2, -0.15) is 31.3 Å². The summed E-state index contributed by atoms with van der Waals surface area (Å²) in [6.45, 7) is -0.301. The standard InChI is InChI=1S/C20H18F6N4O5S2/c1-37(32,33)10-2-3-12(35-36-20(24,25)26)11(6-10)13(31)30-8-17(7-18(17,27)9-30)14-28-15(34-29-14)16(4-5-16)19(21,22)23/h2-3,6H,4-5,7-9,27H2,1H3. The predicted molar refractivity (Wildman–Crippen MR) is 114 cm³/mol. The molecule has 2 aliphatic carbocycles. The number of nitrogens with two attached hydrogens (primary N) is 1. The van der Waals surface area contributed by atoms with E-state index in [2.05, 4.69) is 14.3 Å². The SMILES string of the molecule is CS(=O)(=O)c1ccc(OSC(F)(F)F)c(C(=O)N2CC3(N)CC3(c3noc(C4(C(F)(F)F)CC4)n3)C2)c1. The Bertz CT molecular complexity index is 1390. The molecule has 202 valence electrons. The number of alkyl halides is 6. The van der Waals surface area contributed by atoms with E-state index in [0.717, 1.165) is 29.4 Å². The van der Waals surface area contributed by atoms with Gasteiger partial charge in [-0.1, -0.05) is 5.16 Å². The Morgan fingerprint density at radius 2 is 1.86 bits per heavy atom. The first kappa shape index (κ1) is 26.1. The third-order valence-corrected chi connectivity index (χ3v) is 8.62. The van der Waals surface area contributed by atoms with Crippen LogP contribution in [0.4, 0.5) is 26.3 Å². The Labute approximate surface area is 209 Å².